The summed E-state index contributed by atoms with van der Waals surface area (Å²) in [6, 6.07) is 9.06. The van der Waals surface area contributed by atoms with Crippen molar-refractivity contribution in [3.8, 4) is 5.75 Å². The van der Waals surface area contributed by atoms with Crippen LogP contribution in [-0.2, 0) is 9.59 Å². The van der Waals surface area contributed by atoms with E-state index in [9.17, 15) is 14.7 Å². The fourth-order valence-electron chi connectivity index (χ4n) is 3.09. The summed E-state index contributed by atoms with van der Waals surface area (Å²) < 4.78 is 0. The Hall–Kier alpha value is -2.99. The normalized spacial score (nSPS) is 16.1. The van der Waals surface area contributed by atoms with Crippen molar-refractivity contribution in [2.45, 2.75) is 27.7 Å². The number of benzene rings is 2. The number of carbonyl (C=O) groups is 2. The van der Waals surface area contributed by atoms with Crippen molar-refractivity contribution >= 4 is 40.9 Å². The lowest BCUT2D eigenvalue weighted by Crippen LogP contribution is -2.54. The average molecular weight is 380 g/mol. The van der Waals surface area contributed by atoms with Crippen molar-refractivity contribution in [1.82, 2.24) is 5.32 Å². The third-order valence-electron chi connectivity index (χ3n) is 4.74. The van der Waals surface area contributed by atoms with Gasteiger partial charge in [0.25, 0.3) is 11.8 Å². The molecular formula is C21H20N2O3S. The number of phenolic OH excluding ortho intramolecular Hbond substituents is 1. The molecule has 3 rings (SSSR count). The smallest absolute Gasteiger partial charge is 0.270 e. The molecule has 1 aliphatic heterocycles. The van der Waals surface area contributed by atoms with Crippen LogP contribution in [0.3, 0.4) is 0 Å². The molecule has 138 valence electrons. The monoisotopic (exact) mass is 380 g/mol. The number of aryl methyl sites for hydroxylation is 3. The van der Waals surface area contributed by atoms with E-state index in [0.717, 1.165) is 11.1 Å². The van der Waals surface area contributed by atoms with E-state index in [4.69, 9.17) is 12.2 Å². The van der Waals surface area contributed by atoms with Gasteiger partial charge in [-0.15, -0.1) is 0 Å². The second-order valence-electron chi connectivity index (χ2n) is 6.68. The van der Waals surface area contributed by atoms with E-state index in [1.807, 2.05) is 26.0 Å². The number of nitrogens with one attached hydrogen (secondary N) is 1. The second-order valence-corrected chi connectivity index (χ2v) is 7.07. The Morgan fingerprint density at radius 3 is 2.30 bits per heavy atom. The van der Waals surface area contributed by atoms with Crippen LogP contribution in [0.2, 0.25) is 0 Å². The fourth-order valence-corrected chi connectivity index (χ4v) is 3.37. The van der Waals surface area contributed by atoms with Crippen LogP contribution in [0.15, 0.2) is 35.9 Å². The van der Waals surface area contributed by atoms with Gasteiger partial charge in [-0.05, 0) is 92.0 Å². The van der Waals surface area contributed by atoms with Crippen LogP contribution in [0, 0.1) is 27.7 Å². The topological polar surface area (TPSA) is 69.6 Å². The Kier molecular flexibility index (Phi) is 4.85. The van der Waals surface area contributed by atoms with Gasteiger partial charge in [-0.25, -0.2) is 0 Å². The first-order chi connectivity index (χ1) is 12.7. The SMILES string of the molecule is Cc1cccc(N2C(=O)C(=Cc3cc(C)c(O)c(C)c3)C(=O)NC2=S)c1C. The zero-order chi connectivity index (χ0) is 19.9. The van der Waals surface area contributed by atoms with E-state index < -0.39 is 11.8 Å². The molecule has 1 fully saturated rings. The van der Waals surface area contributed by atoms with Crippen molar-refractivity contribution in [3.05, 3.63) is 63.7 Å². The standard InChI is InChI=1S/C21H20N2O3S/c1-11-6-5-7-17(14(11)4)23-20(26)16(19(25)22-21(23)27)10-15-8-12(2)18(24)13(3)9-15/h5-10,24H,1-4H3,(H,22,25,27). The number of nitrogens with zero attached hydrogens (tertiary/aromatic N) is 1. The van der Waals surface area contributed by atoms with Crippen LogP contribution in [-0.4, -0.2) is 22.0 Å². The van der Waals surface area contributed by atoms with Gasteiger partial charge in [0.05, 0.1) is 5.69 Å². The van der Waals surface area contributed by atoms with Crippen LogP contribution in [0.25, 0.3) is 6.08 Å². The Morgan fingerprint density at radius 2 is 1.67 bits per heavy atom. The third-order valence-corrected chi connectivity index (χ3v) is 5.03. The molecule has 5 nitrogen and oxygen atoms in total. The number of amides is 2. The van der Waals surface area contributed by atoms with Crippen molar-refractivity contribution in [3.63, 3.8) is 0 Å². The molecule has 0 spiro atoms. The van der Waals surface area contributed by atoms with Gasteiger partial charge >= 0.3 is 0 Å². The number of phenols is 1. The van der Waals surface area contributed by atoms with Crippen LogP contribution < -0.4 is 10.2 Å². The lowest BCUT2D eigenvalue weighted by Gasteiger charge is -2.30. The van der Waals surface area contributed by atoms with Crippen LogP contribution in [0.1, 0.15) is 27.8 Å². The number of thiocarbonyl (C=S) groups is 1. The minimum Gasteiger partial charge on any atom is -0.507 e. The molecule has 2 N–H and O–H groups in total. The molecule has 0 atom stereocenters. The second kappa shape index (κ2) is 6.96. The molecule has 1 aliphatic rings. The van der Waals surface area contributed by atoms with Gasteiger partial charge in [-0.1, -0.05) is 12.1 Å². The Balaban J connectivity index is 2.09. The molecule has 0 aromatic heterocycles. The third kappa shape index (κ3) is 3.36. The van der Waals surface area contributed by atoms with Gasteiger partial charge in [0, 0.05) is 0 Å². The van der Waals surface area contributed by atoms with Gasteiger partial charge < -0.3 is 5.11 Å². The summed E-state index contributed by atoms with van der Waals surface area (Å²) in [7, 11) is 0. The molecule has 0 radical (unpaired) electrons. The molecule has 2 amide bonds. The Labute approximate surface area is 163 Å². The molecular weight excluding hydrogens is 360 g/mol. The molecule has 1 heterocycles. The maximum absolute atomic E-state index is 13.1. The van der Waals surface area contributed by atoms with E-state index in [2.05, 4.69) is 5.32 Å². The summed E-state index contributed by atoms with van der Waals surface area (Å²) in [6.45, 7) is 7.40. The Morgan fingerprint density at radius 1 is 1.04 bits per heavy atom. The lowest BCUT2D eigenvalue weighted by molar-refractivity contribution is -0.122. The van der Waals surface area contributed by atoms with Gasteiger partial charge in [0.1, 0.15) is 11.3 Å². The number of carbonyl (C=O) groups excluding carboxylic acids is 2. The lowest BCUT2D eigenvalue weighted by atomic mass is 10.0. The highest BCUT2D eigenvalue weighted by Crippen LogP contribution is 2.28. The van der Waals surface area contributed by atoms with E-state index in [1.165, 1.54) is 11.0 Å². The van der Waals surface area contributed by atoms with E-state index in [-0.39, 0.29) is 16.4 Å². The average Bonchev–Trinajstić information content (AvgIpc) is 2.60. The summed E-state index contributed by atoms with van der Waals surface area (Å²) in [4.78, 5) is 26.9. The van der Waals surface area contributed by atoms with Crippen LogP contribution in [0.4, 0.5) is 5.69 Å². The predicted octanol–water partition coefficient (Wildman–Crippen LogP) is 3.46. The Bertz CT molecular complexity index is 1000. The number of rotatable bonds is 2. The predicted molar refractivity (Wildman–Crippen MR) is 110 cm³/mol. The van der Waals surface area contributed by atoms with E-state index in [1.54, 1.807) is 32.0 Å². The molecule has 6 heteroatoms. The zero-order valence-corrected chi connectivity index (χ0v) is 16.4. The first-order valence-corrected chi connectivity index (χ1v) is 8.89. The molecule has 27 heavy (non-hydrogen) atoms. The summed E-state index contributed by atoms with van der Waals surface area (Å²) in [6.07, 6.45) is 1.52. The quantitative estimate of drug-likeness (QED) is 0.476. The van der Waals surface area contributed by atoms with Crippen molar-refractivity contribution in [1.29, 1.82) is 0 Å². The molecule has 0 bridgehead atoms. The maximum Gasteiger partial charge on any atom is 0.270 e. The molecule has 2 aromatic rings. The van der Waals surface area contributed by atoms with E-state index >= 15 is 0 Å². The molecule has 0 saturated carbocycles. The number of hydrogen-bond acceptors (Lipinski definition) is 4. The molecule has 0 unspecified atom stereocenters. The first-order valence-electron chi connectivity index (χ1n) is 8.48. The zero-order valence-electron chi connectivity index (χ0n) is 15.6. The highest BCUT2D eigenvalue weighted by molar-refractivity contribution is 7.80. The minimum atomic E-state index is -0.532. The summed E-state index contributed by atoms with van der Waals surface area (Å²) >= 11 is 5.26. The minimum absolute atomic E-state index is 0.00556. The summed E-state index contributed by atoms with van der Waals surface area (Å²) in [5.74, 6) is -0.800. The first kappa shape index (κ1) is 18.8. The van der Waals surface area contributed by atoms with Gasteiger partial charge in [0.15, 0.2) is 5.11 Å². The fraction of sp³-hybridized carbons (Fsp3) is 0.190. The van der Waals surface area contributed by atoms with Crippen LogP contribution in [0.5, 0.6) is 5.75 Å². The molecule has 0 aliphatic carbocycles. The van der Waals surface area contributed by atoms with Crippen LogP contribution >= 0.6 is 12.2 Å². The number of anilines is 1. The van der Waals surface area contributed by atoms with Gasteiger partial charge in [0.2, 0.25) is 0 Å². The summed E-state index contributed by atoms with van der Waals surface area (Å²) in [5, 5.41) is 12.6. The largest absolute Gasteiger partial charge is 0.507 e. The highest BCUT2D eigenvalue weighted by atomic mass is 32.1. The number of hydrogen-bond donors (Lipinski definition) is 2. The number of aromatic hydroxyl groups is 1. The molecule has 2 aromatic carbocycles. The maximum atomic E-state index is 13.1. The van der Waals surface area contributed by atoms with E-state index in [0.29, 0.717) is 22.4 Å². The van der Waals surface area contributed by atoms with Crippen molar-refractivity contribution < 1.29 is 14.7 Å². The van der Waals surface area contributed by atoms with Gasteiger partial charge in [-0.3, -0.25) is 19.8 Å². The van der Waals surface area contributed by atoms with Crippen molar-refractivity contribution in [2.75, 3.05) is 4.90 Å². The highest BCUT2D eigenvalue weighted by Gasteiger charge is 2.35. The van der Waals surface area contributed by atoms with Crippen molar-refractivity contribution in [2.24, 2.45) is 0 Å². The molecule has 1 saturated heterocycles. The summed E-state index contributed by atoms with van der Waals surface area (Å²) in [5.41, 5.74) is 4.59. The van der Waals surface area contributed by atoms with Gasteiger partial charge in [-0.2, -0.15) is 0 Å².